The maximum absolute atomic E-state index is 11.8. The number of benzene rings is 2. The van der Waals surface area contributed by atoms with Crippen LogP contribution in [0.5, 0.6) is 5.75 Å². The maximum atomic E-state index is 11.8. The highest BCUT2D eigenvalue weighted by Crippen LogP contribution is 2.31. The summed E-state index contributed by atoms with van der Waals surface area (Å²) in [6, 6.07) is 10.8. The Kier molecular flexibility index (Phi) is 6.03. The normalized spacial score (nSPS) is 11.7. The summed E-state index contributed by atoms with van der Waals surface area (Å²) < 4.78 is 27.0. The van der Waals surface area contributed by atoms with E-state index >= 15 is 0 Å². The topological polar surface area (TPSA) is 117 Å². The maximum Gasteiger partial charge on any atom is 0.233 e. The molecule has 9 heteroatoms. The lowest BCUT2D eigenvalue weighted by molar-refractivity contribution is 0.476. The summed E-state index contributed by atoms with van der Waals surface area (Å²) in [6.45, 7) is 7.25. The van der Waals surface area contributed by atoms with Gasteiger partial charge in [0.2, 0.25) is 10.0 Å². The van der Waals surface area contributed by atoms with E-state index in [2.05, 4.69) is 33.4 Å². The minimum Gasteiger partial charge on any atom is -0.506 e. The van der Waals surface area contributed by atoms with Gasteiger partial charge in [0.1, 0.15) is 11.3 Å². The Morgan fingerprint density at radius 1 is 1.33 bits per heavy atom. The molecule has 0 spiro atoms. The minimum absolute atomic E-state index is 0.0506. The monoisotopic (exact) mass is 442 g/mol. The van der Waals surface area contributed by atoms with E-state index < -0.39 is 15.6 Å². The smallest absolute Gasteiger partial charge is 0.233 e. The van der Waals surface area contributed by atoms with Crippen molar-refractivity contribution in [2.45, 2.75) is 19.4 Å². The second-order valence-electron chi connectivity index (χ2n) is 7.07. The third-order valence-corrected chi connectivity index (χ3v) is 6.37. The zero-order valence-electron chi connectivity index (χ0n) is 16.6. The van der Waals surface area contributed by atoms with Gasteiger partial charge >= 0.3 is 0 Å². The van der Waals surface area contributed by atoms with Crippen LogP contribution in [-0.2, 0) is 15.6 Å². The van der Waals surface area contributed by atoms with E-state index in [9.17, 15) is 13.5 Å². The second kappa shape index (κ2) is 8.36. The number of phenols is 1. The lowest BCUT2D eigenvalue weighted by Gasteiger charge is -2.26. The number of nitrogens with one attached hydrogen (secondary N) is 2. The molecule has 0 saturated heterocycles. The van der Waals surface area contributed by atoms with Crippen molar-refractivity contribution in [3.8, 4) is 17.6 Å². The molecule has 0 radical (unpaired) electrons. The first kappa shape index (κ1) is 21.6. The van der Waals surface area contributed by atoms with Crippen LogP contribution in [0.3, 0.4) is 0 Å². The summed E-state index contributed by atoms with van der Waals surface area (Å²) in [5, 5.41) is 14.5. The van der Waals surface area contributed by atoms with Crippen molar-refractivity contribution in [1.82, 2.24) is 9.71 Å². The molecule has 0 saturated carbocycles. The summed E-state index contributed by atoms with van der Waals surface area (Å²) in [5.41, 5.74) is 7.63. The van der Waals surface area contributed by atoms with Crippen LogP contribution in [0.4, 0.5) is 10.8 Å². The van der Waals surface area contributed by atoms with Gasteiger partial charge in [-0.1, -0.05) is 41.9 Å². The number of nitrogens with zero attached hydrogens (tertiary/aromatic N) is 1. The van der Waals surface area contributed by atoms with Gasteiger partial charge in [0.05, 0.1) is 16.8 Å². The highest BCUT2D eigenvalue weighted by molar-refractivity contribution is 7.92. The van der Waals surface area contributed by atoms with Crippen molar-refractivity contribution < 1.29 is 13.5 Å². The van der Waals surface area contributed by atoms with Gasteiger partial charge in [-0.05, 0) is 43.7 Å². The minimum atomic E-state index is -3.57. The first-order valence-electron chi connectivity index (χ1n) is 8.98. The summed E-state index contributed by atoms with van der Waals surface area (Å²) in [6.07, 6.45) is 0. The first-order chi connectivity index (χ1) is 14.1. The van der Waals surface area contributed by atoms with E-state index in [1.807, 2.05) is 30.3 Å². The van der Waals surface area contributed by atoms with E-state index in [-0.39, 0.29) is 5.75 Å². The van der Waals surface area contributed by atoms with Crippen LogP contribution >= 0.6 is 11.3 Å². The summed E-state index contributed by atoms with van der Waals surface area (Å²) in [4.78, 5) is 4.08. The number of phenolic OH excluding ortho intramolecular Hbond substituents is 1. The van der Waals surface area contributed by atoms with Crippen LogP contribution in [0.2, 0.25) is 0 Å². The molecule has 156 valence electrons. The molecular weight excluding hydrogens is 420 g/mol. The average Bonchev–Trinajstić information content (AvgIpc) is 3.06. The van der Waals surface area contributed by atoms with Crippen LogP contribution in [0.15, 0.2) is 48.4 Å². The molecule has 1 heterocycles. The number of nitrogens with two attached hydrogens (primary N) is 1. The Balaban J connectivity index is 1.71. The van der Waals surface area contributed by atoms with Crippen LogP contribution in [0.1, 0.15) is 25.0 Å². The van der Waals surface area contributed by atoms with E-state index in [1.54, 1.807) is 19.9 Å². The van der Waals surface area contributed by atoms with Crippen molar-refractivity contribution in [2.24, 2.45) is 0 Å². The van der Waals surface area contributed by atoms with Crippen LogP contribution < -0.4 is 15.8 Å². The van der Waals surface area contributed by atoms with Crippen molar-refractivity contribution in [3.05, 3.63) is 59.5 Å². The quantitative estimate of drug-likeness (QED) is 0.435. The fourth-order valence-electron chi connectivity index (χ4n) is 2.87. The zero-order valence-corrected chi connectivity index (χ0v) is 18.2. The number of thiazole rings is 1. The summed E-state index contributed by atoms with van der Waals surface area (Å²) in [7, 11) is -3.57. The van der Waals surface area contributed by atoms with Gasteiger partial charge in [-0.2, -0.15) is 0 Å². The van der Waals surface area contributed by atoms with Crippen LogP contribution in [-0.4, -0.2) is 25.1 Å². The molecule has 3 aromatic rings. The summed E-state index contributed by atoms with van der Waals surface area (Å²) >= 11 is 1.29. The molecule has 0 atom stereocenters. The molecule has 0 unspecified atom stereocenters. The number of hydrogen-bond donors (Lipinski definition) is 4. The molecule has 0 aliphatic carbocycles. The molecule has 3 rings (SSSR count). The molecule has 7 nitrogen and oxygen atoms in total. The number of hydrogen-bond acceptors (Lipinski definition) is 7. The van der Waals surface area contributed by atoms with Gasteiger partial charge < -0.3 is 16.2 Å². The fourth-order valence-corrected chi connectivity index (χ4v) is 4.58. The van der Waals surface area contributed by atoms with Gasteiger partial charge in [0.25, 0.3) is 0 Å². The number of fused-ring (bicyclic) bond motifs is 1. The summed E-state index contributed by atoms with van der Waals surface area (Å²) in [5.74, 6) is 6.06. The molecule has 1 aromatic heterocycles. The Morgan fingerprint density at radius 3 is 2.83 bits per heavy atom. The van der Waals surface area contributed by atoms with Gasteiger partial charge in [-0.15, -0.1) is 0 Å². The second-order valence-corrected chi connectivity index (χ2v) is 9.76. The lowest BCUT2D eigenvalue weighted by Crippen LogP contribution is -2.39. The first-order valence-corrected chi connectivity index (χ1v) is 11.3. The number of sulfonamides is 1. The molecule has 0 aliphatic rings. The van der Waals surface area contributed by atoms with Gasteiger partial charge in [0, 0.05) is 16.7 Å². The Hall–Kier alpha value is -3.06. The standard InChI is InChI=1S/C21H22N4O3S2/c1-4-30(27,28)25-21(2,3)15-8-5-9-16(13-15)23-10-6-7-14-11-17(26)19-18(12-14)29-20(22)24-19/h4-5,8-9,11-13,23,25-26H,1,10H2,2-3H3,(H2,22,24). The lowest BCUT2D eigenvalue weighted by atomic mass is 9.95. The van der Waals surface area contributed by atoms with Crippen molar-refractivity contribution in [3.63, 3.8) is 0 Å². The predicted molar refractivity (Wildman–Crippen MR) is 123 cm³/mol. The van der Waals surface area contributed by atoms with Gasteiger partial charge in [-0.3, -0.25) is 0 Å². The SMILES string of the molecule is C=CS(=O)(=O)NC(C)(C)c1cccc(NCC#Cc2cc(O)c3nc(N)sc3c2)c1. The molecule has 2 aromatic carbocycles. The van der Waals surface area contributed by atoms with Crippen molar-refractivity contribution in [1.29, 1.82) is 0 Å². The van der Waals surface area contributed by atoms with Crippen molar-refractivity contribution >= 4 is 42.4 Å². The number of nitrogen functional groups attached to an aromatic ring is 1. The number of anilines is 2. The van der Waals surface area contributed by atoms with E-state index in [0.29, 0.717) is 22.8 Å². The molecule has 0 aliphatic heterocycles. The third kappa shape index (κ3) is 5.10. The highest BCUT2D eigenvalue weighted by atomic mass is 32.2. The van der Waals surface area contributed by atoms with E-state index in [0.717, 1.165) is 21.4 Å². The molecule has 0 fully saturated rings. The number of aromatic nitrogens is 1. The average molecular weight is 443 g/mol. The molecule has 30 heavy (non-hydrogen) atoms. The zero-order chi connectivity index (χ0) is 21.9. The van der Waals surface area contributed by atoms with Crippen LogP contribution in [0, 0.1) is 11.8 Å². The number of rotatable bonds is 6. The Bertz CT molecular complexity index is 1270. The Morgan fingerprint density at radius 2 is 2.10 bits per heavy atom. The molecular formula is C21H22N4O3S2. The largest absolute Gasteiger partial charge is 0.506 e. The molecule has 0 bridgehead atoms. The fraction of sp³-hybridized carbons (Fsp3) is 0.190. The van der Waals surface area contributed by atoms with Gasteiger partial charge in [-0.25, -0.2) is 18.1 Å². The third-order valence-electron chi connectivity index (χ3n) is 4.31. The van der Waals surface area contributed by atoms with Crippen molar-refractivity contribution in [2.75, 3.05) is 17.6 Å². The Labute approximate surface area is 179 Å². The van der Waals surface area contributed by atoms with Gasteiger partial charge in [0.15, 0.2) is 5.13 Å². The highest BCUT2D eigenvalue weighted by Gasteiger charge is 2.25. The molecule has 0 amide bonds. The van der Waals surface area contributed by atoms with Crippen LogP contribution in [0.25, 0.3) is 10.2 Å². The van der Waals surface area contributed by atoms with E-state index in [4.69, 9.17) is 5.73 Å². The number of aromatic hydroxyl groups is 1. The predicted octanol–water partition coefficient (Wildman–Crippen LogP) is 3.35. The molecule has 5 N–H and O–H groups in total. The van der Waals surface area contributed by atoms with E-state index in [1.165, 1.54) is 11.3 Å².